The van der Waals surface area contributed by atoms with E-state index in [9.17, 15) is 0 Å². The Morgan fingerprint density at radius 2 is 0.472 bits per heavy atom. The van der Waals surface area contributed by atoms with Gasteiger partial charge in [-0.05, 0) is 147 Å². The van der Waals surface area contributed by atoms with E-state index in [0.717, 1.165) is 33.2 Å². The van der Waals surface area contributed by atoms with E-state index >= 15 is 0 Å². The summed E-state index contributed by atoms with van der Waals surface area (Å²) in [4.78, 5) is 7.85. The summed E-state index contributed by atoms with van der Waals surface area (Å²) in [6, 6.07) is 94.1. The van der Waals surface area contributed by atoms with E-state index in [-0.39, 0.29) is 0 Å². The van der Waals surface area contributed by atoms with E-state index in [4.69, 9.17) is 0 Å². The highest BCUT2D eigenvalue weighted by Gasteiger charge is 2.19. The molecule has 72 heavy (non-hydrogen) atoms. The molecule has 0 aliphatic carbocycles. The Hall–Kier alpha value is -9.50. The quantitative estimate of drug-likeness (QED) is 0.167. The molecule has 0 amide bonds. The third-order valence-electron chi connectivity index (χ3n) is 15.3. The fraction of sp³-hybridized carbons (Fsp3) is 0. The molecule has 0 atom stereocenters. The summed E-state index contributed by atoms with van der Waals surface area (Å²) < 4.78 is 0. The normalized spacial score (nSPS) is 11.9. The standard InChI is InChI=1S/C70H44N2/c1-5-21-53-43(13-1)17-9-25-57(53)49-33-35-67-63(37-49)65-41-51(59-27-11-19-45-15-3-7-23-55(45)59)39-61(69(65)71-67)47-29-31-48(32-30-47)62-40-52(60-28-12-20-46-16-4-8-24-56(46)60)42-66-64-38-50(34-36-68(64)72-70(62)66)58-26-10-18-44-14-2-6-22-54(44)58/h1-42,71-72H. The Balaban J connectivity index is 0.927. The Kier molecular flexibility index (Phi) is 8.99. The minimum Gasteiger partial charge on any atom is -0.354 e. The van der Waals surface area contributed by atoms with Crippen LogP contribution >= 0.6 is 0 Å². The minimum atomic E-state index is 1.12. The Labute approximate surface area is 416 Å². The Morgan fingerprint density at radius 3 is 0.833 bits per heavy atom. The van der Waals surface area contributed by atoms with Crippen molar-refractivity contribution in [1.29, 1.82) is 0 Å². The zero-order chi connectivity index (χ0) is 47.3. The van der Waals surface area contributed by atoms with Crippen molar-refractivity contribution in [2.45, 2.75) is 0 Å². The van der Waals surface area contributed by atoms with E-state index in [1.165, 1.54) is 120 Å². The Bertz CT molecular complexity index is 4360. The van der Waals surface area contributed by atoms with E-state index in [1.807, 2.05) is 0 Å². The van der Waals surface area contributed by atoms with Crippen LogP contribution in [0.5, 0.6) is 0 Å². The zero-order valence-electron chi connectivity index (χ0n) is 39.2. The van der Waals surface area contributed by atoms with E-state index < -0.39 is 0 Å². The molecule has 0 fully saturated rings. The fourth-order valence-corrected chi connectivity index (χ4v) is 11.8. The highest BCUT2D eigenvalue weighted by atomic mass is 14.7. The summed E-state index contributed by atoms with van der Waals surface area (Å²) in [5.41, 5.74) is 18.9. The summed E-state index contributed by atoms with van der Waals surface area (Å²) in [6.07, 6.45) is 0. The third kappa shape index (κ3) is 6.43. The summed E-state index contributed by atoms with van der Waals surface area (Å²) in [5.74, 6) is 0. The first-order valence-electron chi connectivity index (χ1n) is 24.9. The predicted molar refractivity (Wildman–Crippen MR) is 308 cm³/mol. The fourth-order valence-electron chi connectivity index (χ4n) is 11.8. The monoisotopic (exact) mass is 912 g/mol. The maximum absolute atomic E-state index is 3.92. The van der Waals surface area contributed by atoms with Crippen molar-refractivity contribution in [3.05, 3.63) is 255 Å². The third-order valence-corrected chi connectivity index (χ3v) is 15.3. The number of H-pyrrole nitrogens is 2. The lowest BCUT2D eigenvalue weighted by Gasteiger charge is -2.13. The van der Waals surface area contributed by atoms with Crippen LogP contribution in [0, 0.1) is 0 Å². The van der Waals surface area contributed by atoms with Gasteiger partial charge in [0.25, 0.3) is 0 Å². The van der Waals surface area contributed by atoms with Crippen molar-refractivity contribution in [3.8, 4) is 66.8 Å². The van der Waals surface area contributed by atoms with Crippen LogP contribution in [0.15, 0.2) is 255 Å². The number of hydrogen-bond acceptors (Lipinski definition) is 0. The van der Waals surface area contributed by atoms with Crippen molar-refractivity contribution in [2.75, 3.05) is 0 Å². The molecule has 13 aromatic carbocycles. The molecule has 2 heteroatoms. The summed E-state index contributed by atoms with van der Waals surface area (Å²) in [5, 5.41) is 14.8. The summed E-state index contributed by atoms with van der Waals surface area (Å²) in [7, 11) is 0. The first kappa shape index (κ1) is 40.4. The van der Waals surface area contributed by atoms with Gasteiger partial charge in [0.05, 0.1) is 11.0 Å². The number of rotatable bonds is 6. The van der Waals surface area contributed by atoms with Crippen LogP contribution in [0.4, 0.5) is 0 Å². The van der Waals surface area contributed by atoms with Crippen molar-refractivity contribution in [3.63, 3.8) is 0 Å². The highest BCUT2D eigenvalue weighted by molar-refractivity contribution is 6.18. The average Bonchev–Trinajstić information content (AvgIpc) is 4.02. The molecule has 0 bridgehead atoms. The molecule has 2 aromatic heterocycles. The molecule has 2 heterocycles. The van der Waals surface area contributed by atoms with Crippen LogP contribution in [0.3, 0.4) is 0 Å². The maximum Gasteiger partial charge on any atom is 0.0544 e. The molecule has 15 rings (SSSR count). The molecular formula is C70H44N2. The number of benzene rings is 13. The molecule has 0 spiro atoms. The van der Waals surface area contributed by atoms with Gasteiger partial charge in [0.2, 0.25) is 0 Å². The van der Waals surface area contributed by atoms with Crippen LogP contribution in [-0.4, -0.2) is 9.97 Å². The second-order valence-electron chi connectivity index (χ2n) is 19.3. The van der Waals surface area contributed by atoms with Gasteiger partial charge in [0, 0.05) is 43.7 Å². The molecule has 2 N–H and O–H groups in total. The SMILES string of the molecule is c1ccc2c(-c3ccc4[nH]c5c(-c6ccc(-c7cc(-c8cccc9ccccc89)cc8c7[nH]c7ccc(-c9cccc%10ccccc9%10)cc78)cc6)cc(-c6cccc7ccccc67)cc5c4c3)cccc2c1. The summed E-state index contributed by atoms with van der Waals surface area (Å²) in [6.45, 7) is 0. The average molecular weight is 913 g/mol. The first-order chi connectivity index (χ1) is 35.7. The van der Waals surface area contributed by atoms with Crippen molar-refractivity contribution in [1.82, 2.24) is 9.97 Å². The minimum absolute atomic E-state index is 1.12. The lowest BCUT2D eigenvalue weighted by Crippen LogP contribution is -1.88. The number of fused-ring (bicyclic) bond motifs is 10. The van der Waals surface area contributed by atoms with Crippen LogP contribution in [-0.2, 0) is 0 Å². The molecule has 334 valence electrons. The summed E-state index contributed by atoms with van der Waals surface area (Å²) >= 11 is 0. The van der Waals surface area contributed by atoms with Crippen LogP contribution < -0.4 is 0 Å². The lowest BCUT2D eigenvalue weighted by molar-refractivity contribution is 1.52. The van der Waals surface area contributed by atoms with Crippen LogP contribution in [0.1, 0.15) is 0 Å². The number of nitrogens with one attached hydrogen (secondary N) is 2. The van der Waals surface area contributed by atoms with Gasteiger partial charge >= 0.3 is 0 Å². The van der Waals surface area contributed by atoms with Crippen LogP contribution in [0.25, 0.3) is 153 Å². The van der Waals surface area contributed by atoms with Crippen molar-refractivity contribution >= 4 is 86.7 Å². The lowest BCUT2D eigenvalue weighted by atomic mass is 9.90. The molecule has 15 aromatic rings. The number of aromatic amines is 2. The van der Waals surface area contributed by atoms with Crippen molar-refractivity contribution < 1.29 is 0 Å². The second-order valence-corrected chi connectivity index (χ2v) is 19.3. The molecule has 0 aliphatic rings. The predicted octanol–water partition coefficient (Wildman–Crippen LogP) is 19.6. The zero-order valence-corrected chi connectivity index (χ0v) is 39.2. The molecule has 2 nitrogen and oxygen atoms in total. The van der Waals surface area contributed by atoms with Gasteiger partial charge in [0.15, 0.2) is 0 Å². The van der Waals surface area contributed by atoms with E-state index in [2.05, 4.69) is 265 Å². The topological polar surface area (TPSA) is 31.6 Å². The second kappa shape index (κ2) is 16.0. The first-order valence-corrected chi connectivity index (χ1v) is 24.9. The molecule has 0 unspecified atom stereocenters. The molecule has 0 saturated heterocycles. The Morgan fingerprint density at radius 1 is 0.181 bits per heavy atom. The highest BCUT2D eigenvalue weighted by Crippen LogP contribution is 2.44. The molecular weight excluding hydrogens is 869 g/mol. The van der Waals surface area contributed by atoms with Crippen molar-refractivity contribution in [2.24, 2.45) is 0 Å². The van der Waals surface area contributed by atoms with Gasteiger partial charge in [-0.3, -0.25) is 0 Å². The largest absolute Gasteiger partial charge is 0.354 e. The van der Waals surface area contributed by atoms with E-state index in [1.54, 1.807) is 0 Å². The smallest absolute Gasteiger partial charge is 0.0544 e. The van der Waals surface area contributed by atoms with Gasteiger partial charge in [0.1, 0.15) is 0 Å². The molecule has 0 saturated carbocycles. The number of hydrogen-bond donors (Lipinski definition) is 2. The van der Waals surface area contributed by atoms with Gasteiger partial charge in [-0.25, -0.2) is 0 Å². The van der Waals surface area contributed by atoms with Gasteiger partial charge in [-0.15, -0.1) is 0 Å². The van der Waals surface area contributed by atoms with Gasteiger partial charge in [-0.2, -0.15) is 0 Å². The molecule has 0 radical (unpaired) electrons. The number of aromatic nitrogens is 2. The molecule has 0 aliphatic heterocycles. The van der Waals surface area contributed by atoms with E-state index in [0.29, 0.717) is 0 Å². The van der Waals surface area contributed by atoms with Gasteiger partial charge in [-0.1, -0.05) is 206 Å². The van der Waals surface area contributed by atoms with Gasteiger partial charge < -0.3 is 9.97 Å². The maximum atomic E-state index is 3.92. The van der Waals surface area contributed by atoms with Crippen LogP contribution in [0.2, 0.25) is 0 Å².